The second kappa shape index (κ2) is 8.29. The standard InChI is InChI=1S/C18H20N2O2S/c1-3-13-7-5-9-15(11-13)19-18(23)20-16-10-6-8-14(12-16)17(21)22-4-2/h5-12H,3-4H2,1-2H3,(H2,19,20,23). The van der Waals surface area contributed by atoms with Gasteiger partial charge >= 0.3 is 5.97 Å². The van der Waals surface area contributed by atoms with Gasteiger partial charge in [-0.05, 0) is 61.5 Å². The number of anilines is 2. The van der Waals surface area contributed by atoms with Gasteiger partial charge in [0.2, 0.25) is 0 Å². The van der Waals surface area contributed by atoms with E-state index in [1.807, 2.05) is 18.2 Å². The van der Waals surface area contributed by atoms with E-state index in [9.17, 15) is 4.79 Å². The molecule has 2 aromatic rings. The number of aryl methyl sites for hydroxylation is 1. The molecule has 5 heteroatoms. The molecule has 2 aromatic carbocycles. The Balaban J connectivity index is 2.02. The minimum absolute atomic E-state index is 0.342. The topological polar surface area (TPSA) is 50.4 Å². The van der Waals surface area contributed by atoms with Crippen LogP contribution in [0.5, 0.6) is 0 Å². The Labute approximate surface area is 141 Å². The number of hydrogen-bond donors (Lipinski definition) is 2. The summed E-state index contributed by atoms with van der Waals surface area (Å²) in [5, 5.41) is 6.69. The first-order valence-corrected chi connectivity index (χ1v) is 7.97. The maximum Gasteiger partial charge on any atom is 0.338 e. The monoisotopic (exact) mass is 328 g/mol. The first kappa shape index (κ1) is 17.0. The van der Waals surface area contributed by atoms with Crippen LogP contribution in [0.4, 0.5) is 11.4 Å². The van der Waals surface area contributed by atoms with Crippen LogP contribution in [-0.4, -0.2) is 17.7 Å². The number of ether oxygens (including phenoxy) is 1. The number of carbonyl (C=O) groups excluding carboxylic acids is 1. The molecule has 0 bridgehead atoms. The first-order valence-electron chi connectivity index (χ1n) is 7.56. The zero-order valence-corrected chi connectivity index (χ0v) is 14.1. The summed E-state index contributed by atoms with van der Waals surface area (Å²) in [7, 11) is 0. The van der Waals surface area contributed by atoms with Crippen LogP contribution in [0.25, 0.3) is 0 Å². The van der Waals surface area contributed by atoms with E-state index < -0.39 is 0 Å². The molecule has 0 unspecified atom stereocenters. The molecule has 0 heterocycles. The van der Waals surface area contributed by atoms with Gasteiger partial charge in [0.05, 0.1) is 12.2 Å². The molecule has 4 nitrogen and oxygen atoms in total. The summed E-state index contributed by atoms with van der Waals surface area (Å²) < 4.78 is 4.99. The van der Waals surface area contributed by atoms with Crippen molar-refractivity contribution in [3.05, 3.63) is 59.7 Å². The molecule has 0 saturated carbocycles. The molecule has 0 spiro atoms. The van der Waals surface area contributed by atoms with Crippen LogP contribution in [0, 0.1) is 0 Å². The van der Waals surface area contributed by atoms with E-state index in [2.05, 4.69) is 29.7 Å². The highest BCUT2D eigenvalue weighted by Gasteiger charge is 2.07. The number of esters is 1. The molecule has 0 radical (unpaired) electrons. The van der Waals surface area contributed by atoms with Crippen LogP contribution in [0.2, 0.25) is 0 Å². The number of rotatable bonds is 5. The van der Waals surface area contributed by atoms with Crippen molar-refractivity contribution >= 4 is 34.7 Å². The second-order valence-electron chi connectivity index (χ2n) is 4.93. The lowest BCUT2D eigenvalue weighted by Crippen LogP contribution is -2.19. The van der Waals surface area contributed by atoms with Gasteiger partial charge in [0, 0.05) is 11.4 Å². The minimum atomic E-state index is -0.342. The van der Waals surface area contributed by atoms with E-state index in [0.29, 0.717) is 17.3 Å². The number of nitrogens with one attached hydrogen (secondary N) is 2. The number of benzene rings is 2. The van der Waals surface area contributed by atoms with Crippen molar-refractivity contribution in [1.29, 1.82) is 0 Å². The van der Waals surface area contributed by atoms with Gasteiger partial charge in [0.1, 0.15) is 0 Å². The fraction of sp³-hybridized carbons (Fsp3) is 0.222. The fourth-order valence-corrected chi connectivity index (χ4v) is 2.34. The third kappa shape index (κ3) is 5.07. The van der Waals surface area contributed by atoms with Crippen molar-refractivity contribution in [1.82, 2.24) is 0 Å². The number of carbonyl (C=O) groups is 1. The normalized spacial score (nSPS) is 10.0. The van der Waals surface area contributed by atoms with Gasteiger partial charge in [-0.1, -0.05) is 25.1 Å². The van der Waals surface area contributed by atoms with Crippen LogP contribution < -0.4 is 10.6 Å². The number of thiocarbonyl (C=S) groups is 1. The SMILES string of the molecule is CCOC(=O)c1cccc(NC(=S)Nc2cccc(CC)c2)c1. The Hall–Kier alpha value is -2.40. The van der Waals surface area contributed by atoms with E-state index >= 15 is 0 Å². The lowest BCUT2D eigenvalue weighted by molar-refractivity contribution is 0.0526. The average Bonchev–Trinajstić information content (AvgIpc) is 2.55. The minimum Gasteiger partial charge on any atom is -0.462 e. The van der Waals surface area contributed by atoms with E-state index in [1.54, 1.807) is 25.1 Å². The molecule has 2 N–H and O–H groups in total. The maximum absolute atomic E-state index is 11.7. The molecule has 0 saturated heterocycles. The maximum atomic E-state index is 11.7. The highest BCUT2D eigenvalue weighted by Crippen LogP contribution is 2.14. The molecule has 0 aromatic heterocycles. The summed E-state index contributed by atoms with van der Waals surface area (Å²) in [5.41, 5.74) is 3.40. The summed E-state index contributed by atoms with van der Waals surface area (Å²) in [6.07, 6.45) is 0.970. The Bertz CT molecular complexity index is 701. The first-order chi connectivity index (χ1) is 11.1. The molecular weight excluding hydrogens is 308 g/mol. The molecule has 0 atom stereocenters. The Morgan fingerprint density at radius 1 is 1.04 bits per heavy atom. The van der Waals surface area contributed by atoms with Crippen molar-refractivity contribution in [3.63, 3.8) is 0 Å². The van der Waals surface area contributed by atoms with E-state index in [1.165, 1.54) is 5.56 Å². The van der Waals surface area contributed by atoms with Crippen LogP contribution >= 0.6 is 12.2 Å². The number of hydrogen-bond acceptors (Lipinski definition) is 3. The fourth-order valence-electron chi connectivity index (χ4n) is 2.10. The van der Waals surface area contributed by atoms with Gasteiger partial charge < -0.3 is 15.4 Å². The summed E-state index contributed by atoms with van der Waals surface area (Å²) in [6.45, 7) is 4.24. The summed E-state index contributed by atoms with van der Waals surface area (Å²) >= 11 is 5.32. The van der Waals surface area contributed by atoms with Gasteiger partial charge in [0.25, 0.3) is 0 Å². The summed E-state index contributed by atoms with van der Waals surface area (Å²) in [4.78, 5) is 11.7. The lowest BCUT2D eigenvalue weighted by atomic mass is 10.1. The van der Waals surface area contributed by atoms with Crippen LogP contribution in [-0.2, 0) is 11.2 Å². The van der Waals surface area contributed by atoms with Crippen molar-refractivity contribution in [2.45, 2.75) is 20.3 Å². The van der Waals surface area contributed by atoms with Crippen molar-refractivity contribution in [3.8, 4) is 0 Å². The van der Waals surface area contributed by atoms with E-state index in [4.69, 9.17) is 17.0 Å². The highest BCUT2D eigenvalue weighted by molar-refractivity contribution is 7.80. The van der Waals surface area contributed by atoms with Crippen molar-refractivity contribution in [2.24, 2.45) is 0 Å². The highest BCUT2D eigenvalue weighted by atomic mass is 32.1. The molecular formula is C18H20N2O2S. The Morgan fingerprint density at radius 2 is 1.70 bits per heavy atom. The van der Waals surface area contributed by atoms with Crippen molar-refractivity contribution < 1.29 is 9.53 Å². The van der Waals surface area contributed by atoms with Crippen LogP contribution in [0.1, 0.15) is 29.8 Å². The molecule has 0 amide bonds. The van der Waals surface area contributed by atoms with E-state index in [-0.39, 0.29) is 5.97 Å². The van der Waals surface area contributed by atoms with Gasteiger partial charge in [-0.2, -0.15) is 0 Å². The zero-order chi connectivity index (χ0) is 16.7. The molecule has 0 aliphatic carbocycles. The molecule has 0 fully saturated rings. The van der Waals surface area contributed by atoms with Gasteiger partial charge in [-0.15, -0.1) is 0 Å². The smallest absolute Gasteiger partial charge is 0.338 e. The molecule has 2 rings (SSSR count). The van der Waals surface area contributed by atoms with Gasteiger partial charge in [0.15, 0.2) is 5.11 Å². The third-order valence-electron chi connectivity index (χ3n) is 3.22. The van der Waals surface area contributed by atoms with Crippen molar-refractivity contribution in [2.75, 3.05) is 17.2 Å². The largest absolute Gasteiger partial charge is 0.462 e. The zero-order valence-electron chi connectivity index (χ0n) is 13.3. The molecule has 0 aliphatic heterocycles. The van der Waals surface area contributed by atoms with E-state index in [0.717, 1.165) is 17.8 Å². The quantitative estimate of drug-likeness (QED) is 0.635. The molecule has 120 valence electrons. The lowest BCUT2D eigenvalue weighted by Gasteiger charge is -2.12. The Kier molecular flexibility index (Phi) is 6.11. The summed E-state index contributed by atoms with van der Waals surface area (Å²) in [5.74, 6) is -0.342. The third-order valence-corrected chi connectivity index (χ3v) is 3.43. The molecule has 0 aliphatic rings. The van der Waals surface area contributed by atoms with Crippen LogP contribution in [0.3, 0.4) is 0 Å². The van der Waals surface area contributed by atoms with Crippen LogP contribution in [0.15, 0.2) is 48.5 Å². The Morgan fingerprint density at radius 3 is 2.35 bits per heavy atom. The predicted octanol–water partition coefficient (Wildman–Crippen LogP) is 4.23. The molecule has 23 heavy (non-hydrogen) atoms. The van der Waals surface area contributed by atoms with Gasteiger partial charge in [-0.25, -0.2) is 4.79 Å². The second-order valence-corrected chi connectivity index (χ2v) is 5.34. The summed E-state index contributed by atoms with van der Waals surface area (Å²) in [6, 6.07) is 15.1. The van der Waals surface area contributed by atoms with Gasteiger partial charge in [-0.3, -0.25) is 0 Å². The average molecular weight is 328 g/mol. The predicted molar refractivity (Wildman–Crippen MR) is 98.1 cm³/mol.